The normalized spacial score (nSPS) is 21.1. The molecule has 1 amide bonds. The van der Waals surface area contributed by atoms with Crippen LogP contribution in [0.25, 0.3) is 0 Å². The monoisotopic (exact) mass is 433 g/mol. The number of cyclic esters (lactones) is 1. The van der Waals surface area contributed by atoms with E-state index in [9.17, 15) is 9.59 Å². The lowest BCUT2D eigenvalue weighted by atomic mass is 9.94. The largest absolute Gasteiger partial charge is 0.461 e. The molecule has 2 saturated heterocycles. The minimum Gasteiger partial charge on any atom is -0.461 e. The zero-order valence-electron chi connectivity index (χ0n) is 18.0. The van der Waals surface area contributed by atoms with Crippen LogP contribution in [0.1, 0.15) is 30.4 Å². The summed E-state index contributed by atoms with van der Waals surface area (Å²) in [4.78, 5) is 28.5. The van der Waals surface area contributed by atoms with Crippen molar-refractivity contribution in [1.82, 2.24) is 4.90 Å². The van der Waals surface area contributed by atoms with E-state index in [0.29, 0.717) is 31.7 Å². The molecule has 32 heavy (non-hydrogen) atoms. The molecule has 4 rings (SSSR count). The number of rotatable bonds is 7. The predicted molar refractivity (Wildman–Crippen MR) is 119 cm³/mol. The first-order valence-corrected chi connectivity index (χ1v) is 11.0. The molecule has 7 nitrogen and oxygen atoms in total. The molecule has 2 heterocycles. The Morgan fingerprint density at radius 2 is 1.91 bits per heavy atom. The van der Waals surface area contributed by atoms with Crippen LogP contribution in [0.15, 0.2) is 54.6 Å². The number of esters is 1. The highest BCUT2D eigenvalue weighted by atomic mass is 16.6. The second kappa shape index (κ2) is 10.3. The van der Waals surface area contributed by atoms with Crippen LogP contribution in [0.2, 0.25) is 0 Å². The van der Waals surface area contributed by atoms with E-state index in [-0.39, 0.29) is 24.1 Å². The Labute approximate surface area is 188 Å². The van der Waals surface area contributed by atoms with Crippen molar-refractivity contribution in [2.75, 3.05) is 31.1 Å². The van der Waals surface area contributed by atoms with E-state index in [4.69, 9.17) is 14.7 Å². The first kappa shape index (κ1) is 21.8. The van der Waals surface area contributed by atoms with Crippen LogP contribution >= 0.6 is 0 Å². The molecular formula is C25H27N3O4. The summed E-state index contributed by atoms with van der Waals surface area (Å²) < 4.78 is 11.0. The average molecular weight is 434 g/mol. The van der Waals surface area contributed by atoms with E-state index in [1.165, 1.54) is 0 Å². The maximum atomic E-state index is 12.3. The fourth-order valence-electron chi connectivity index (χ4n) is 4.35. The molecule has 2 atom stereocenters. The molecule has 2 unspecified atom stereocenters. The lowest BCUT2D eigenvalue weighted by molar-refractivity contribution is -0.146. The third-order valence-electron chi connectivity index (χ3n) is 5.95. The van der Waals surface area contributed by atoms with E-state index in [2.05, 4.69) is 11.0 Å². The number of amides is 1. The summed E-state index contributed by atoms with van der Waals surface area (Å²) in [6, 6.07) is 18.7. The van der Waals surface area contributed by atoms with E-state index in [1.807, 2.05) is 30.3 Å². The van der Waals surface area contributed by atoms with Gasteiger partial charge in [-0.15, -0.1) is 0 Å². The summed E-state index contributed by atoms with van der Waals surface area (Å²) in [5.74, 6) is 0.0822. The second-order valence-electron chi connectivity index (χ2n) is 8.39. The quantitative estimate of drug-likeness (QED) is 0.619. The predicted octanol–water partition coefficient (Wildman–Crippen LogP) is 3.73. The average Bonchev–Trinajstić information content (AvgIpc) is 3.18. The number of nitriles is 1. The van der Waals surface area contributed by atoms with Crippen LogP contribution in [-0.2, 0) is 20.9 Å². The molecule has 0 radical (unpaired) electrons. The molecule has 7 heteroatoms. The number of hydrogen-bond acceptors (Lipinski definition) is 6. The third-order valence-corrected chi connectivity index (χ3v) is 5.95. The molecule has 0 N–H and O–H groups in total. The standard InChI is InChI=1S/C25H27N3O4/c26-14-19-8-10-22(11-9-19)28-17-23(32-25(28)30)16-27-12-4-7-21(15-27)13-24(29)31-18-20-5-2-1-3-6-20/h1-3,5-6,8-11,21,23H,4,7,12-13,15-18H2. The van der Waals surface area contributed by atoms with Crippen molar-refractivity contribution in [3.05, 3.63) is 65.7 Å². The minimum absolute atomic E-state index is 0.167. The Morgan fingerprint density at radius 1 is 1.12 bits per heavy atom. The van der Waals surface area contributed by atoms with Gasteiger partial charge in [-0.2, -0.15) is 5.26 Å². The first-order valence-electron chi connectivity index (χ1n) is 11.0. The molecule has 0 aromatic heterocycles. The summed E-state index contributed by atoms with van der Waals surface area (Å²) in [6.45, 7) is 3.16. The number of carbonyl (C=O) groups is 2. The molecular weight excluding hydrogens is 406 g/mol. The topological polar surface area (TPSA) is 82.9 Å². The van der Waals surface area contributed by atoms with Gasteiger partial charge in [-0.3, -0.25) is 14.6 Å². The molecule has 0 aliphatic carbocycles. The fraction of sp³-hybridized carbons (Fsp3) is 0.400. The zero-order valence-corrected chi connectivity index (χ0v) is 18.0. The summed E-state index contributed by atoms with van der Waals surface area (Å²) >= 11 is 0. The van der Waals surface area contributed by atoms with Crippen molar-refractivity contribution in [2.24, 2.45) is 5.92 Å². The van der Waals surface area contributed by atoms with Gasteiger partial charge < -0.3 is 9.47 Å². The van der Waals surface area contributed by atoms with Gasteiger partial charge in [-0.05, 0) is 55.1 Å². The smallest absolute Gasteiger partial charge is 0.414 e. The SMILES string of the molecule is N#Cc1ccc(N2CC(CN3CCCC(CC(=O)OCc4ccccc4)C3)OC2=O)cc1. The first-order chi connectivity index (χ1) is 15.6. The fourth-order valence-corrected chi connectivity index (χ4v) is 4.35. The second-order valence-corrected chi connectivity index (χ2v) is 8.39. The minimum atomic E-state index is -0.363. The van der Waals surface area contributed by atoms with Crippen LogP contribution < -0.4 is 4.90 Å². The Kier molecular flexibility index (Phi) is 7.03. The van der Waals surface area contributed by atoms with Crippen LogP contribution in [0, 0.1) is 17.2 Å². The number of piperidine rings is 1. The highest BCUT2D eigenvalue weighted by Gasteiger charge is 2.34. The molecule has 2 fully saturated rings. The van der Waals surface area contributed by atoms with E-state index >= 15 is 0 Å². The lowest BCUT2D eigenvalue weighted by Gasteiger charge is -2.33. The van der Waals surface area contributed by atoms with Gasteiger partial charge >= 0.3 is 12.1 Å². The highest BCUT2D eigenvalue weighted by Crippen LogP contribution is 2.25. The number of nitrogens with zero attached hydrogens (tertiary/aromatic N) is 3. The Bertz CT molecular complexity index is 971. The maximum Gasteiger partial charge on any atom is 0.414 e. The van der Waals surface area contributed by atoms with Crippen molar-refractivity contribution in [1.29, 1.82) is 5.26 Å². The number of benzene rings is 2. The lowest BCUT2D eigenvalue weighted by Crippen LogP contribution is -2.42. The molecule has 0 spiro atoms. The molecule has 0 bridgehead atoms. The summed E-state index contributed by atoms with van der Waals surface area (Å²) in [6.07, 6.45) is 1.83. The Balaban J connectivity index is 1.24. The molecule has 2 aliphatic heterocycles. The van der Waals surface area contributed by atoms with Crippen molar-refractivity contribution in [2.45, 2.75) is 32.0 Å². The van der Waals surface area contributed by atoms with Gasteiger partial charge in [0.05, 0.1) is 18.2 Å². The van der Waals surface area contributed by atoms with Gasteiger partial charge in [0.15, 0.2) is 0 Å². The van der Waals surface area contributed by atoms with E-state index < -0.39 is 0 Å². The molecule has 2 aromatic rings. The van der Waals surface area contributed by atoms with Crippen LogP contribution in [0.4, 0.5) is 10.5 Å². The van der Waals surface area contributed by atoms with Gasteiger partial charge in [0.1, 0.15) is 12.7 Å². The zero-order chi connectivity index (χ0) is 22.3. The van der Waals surface area contributed by atoms with Crippen molar-refractivity contribution >= 4 is 17.7 Å². The van der Waals surface area contributed by atoms with E-state index in [0.717, 1.165) is 37.2 Å². The summed E-state index contributed by atoms with van der Waals surface area (Å²) in [5, 5.41) is 8.94. The maximum absolute atomic E-state index is 12.3. The van der Waals surface area contributed by atoms with Gasteiger partial charge in [0, 0.05) is 25.2 Å². The van der Waals surface area contributed by atoms with Crippen molar-refractivity contribution < 1.29 is 19.1 Å². The van der Waals surface area contributed by atoms with E-state index in [1.54, 1.807) is 29.2 Å². The third kappa shape index (κ3) is 5.65. The summed E-state index contributed by atoms with van der Waals surface area (Å²) in [7, 11) is 0. The Morgan fingerprint density at radius 3 is 2.66 bits per heavy atom. The van der Waals surface area contributed by atoms with Gasteiger partial charge in [0.25, 0.3) is 0 Å². The van der Waals surface area contributed by atoms with Crippen molar-refractivity contribution in [3.63, 3.8) is 0 Å². The van der Waals surface area contributed by atoms with Crippen LogP contribution in [-0.4, -0.2) is 49.2 Å². The van der Waals surface area contributed by atoms with Gasteiger partial charge in [-0.1, -0.05) is 30.3 Å². The van der Waals surface area contributed by atoms with Crippen LogP contribution in [0.3, 0.4) is 0 Å². The molecule has 0 saturated carbocycles. The number of likely N-dealkylation sites (tertiary alicyclic amines) is 1. The van der Waals surface area contributed by atoms with Gasteiger partial charge in [-0.25, -0.2) is 4.79 Å². The Hall–Kier alpha value is -3.37. The number of anilines is 1. The van der Waals surface area contributed by atoms with Crippen LogP contribution in [0.5, 0.6) is 0 Å². The highest BCUT2D eigenvalue weighted by molar-refractivity contribution is 5.89. The number of ether oxygens (including phenoxy) is 2. The van der Waals surface area contributed by atoms with Gasteiger partial charge in [0.2, 0.25) is 0 Å². The molecule has 2 aromatic carbocycles. The summed E-state index contributed by atoms with van der Waals surface area (Å²) in [5.41, 5.74) is 2.27. The van der Waals surface area contributed by atoms with Crippen molar-refractivity contribution in [3.8, 4) is 6.07 Å². The number of hydrogen-bond donors (Lipinski definition) is 0. The molecule has 2 aliphatic rings. The molecule has 166 valence electrons. The number of carbonyl (C=O) groups excluding carboxylic acids is 2.